The molecular weight excluding hydrogens is 221 g/mol. The zero-order valence-electron chi connectivity index (χ0n) is 11.6. The monoisotopic (exact) mass is 243 g/mol. The third-order valence-corrected chi connectivity index (χ3v) is 3.39. The van der Waals surface area contributed by atoms with Crippen LogP contribution in [-0.4, -0.2) is 16.4 Å². The third kappa shape index (κ3) is 2.69. The molecule has 0 aliphatic carbocycles. The molecule has 2 aromatic rings. The van der Waals surface area contributed by atoms with Gasteiger partial charge >= 0.3 is 0 Å². The predicted molar refractivity (Wildman–Crippen MR) is 80.3 cm³/mol. The summed E-state index contributed by atoms with van der Waals surface area (Å²) in [5.41, 5.74) is 2.25. The van der Waals surface area contributed by atoms with Crippen LogP contribution in [0.4, 0.5) is 5.95 Å². The minimum absolute atomic E-state index is 0.538. The number of anilines is 1. The Morgan fingerprint density at radius 2 is 1.83 bits per heavy atom. The first-order valence-electron chi connectivity index (χ1n) is 6.94. The van der Waals surface area contributed by atoms with E-state index < -0.39 is 0 Å². The van der Waals surface area contributed by atoms with Crippen molar-refractivity contribution in [3.05, 3.63) is 24.3 Å². The van der Waals surface area contributed by atoms with E-state index in [9.17, 15) is 0 Å². The van der Waals surface area contributed by atoms with Crippen LogP contribution in [0.25, 0.3) is 11.0 Å². The van der Waals surface area contributed by atoms with Gasteiger partial charge in [-0.1, -0.05) is 51.5 Å². The average molecular weight is 243 g/mol. The second-order valence-corrected chi connectivity index (χ2v) is 4.90. The number of nitrogens with zero attached hydrogens (tertiary/aromatic N) is 2. The molecule has 0 atom stereocenters. The average Bonchev–Trinajstić information content (AvgIpc) is 2.68. The fourth-order valence-corrected chi connectivity index (χ4v) is 2.44. The highest BCUT2D eigenvalue weighted by molar-refractivity contribution is 6.62. The number of nitrogens with one attached hydrogen (secondary N) is 1. The lowest BCUT2D eigenvalue weighted by atomic mass is 9.55. The summed E-state index contributed by atoms with van der Waals surface area (Å²) in [7, 11) is 2.08. The van der Waals surface area contributed by atoms with Crippen molar-refractivity contribution in [2.75, 3.05) is 5.23 Å². The first-order valence-corrected chi connectivity index (χ1v) is 6.94. The summed E-state index contributed by atoms with van der Waals surface area (Å²) in [5, 5.41) is 3.59. The number of aromatic nitrogens is 2. The van der Waals surface area contributed by atoms with Crippen molar-refractivity contribution in [1.82, 2.24) is 9.55 Å². The molecule has 96 valence electrons. The van der Waals surface area contributed by atoms with Gasteiger partial charge in [0.1, 0.15) is 0 Å². The van der Waals surface area contributed by atoms with Crippen LogP contribution in [0.1, 0.15) is 26.7 Å². The summed E-state index contributed by atoms with van der Waals surface area (Å²) >= 11 is 0. The summed E-state index contributed by atoms with van der Waals surface area (Å²) in [6.45, 7) is 5.01. The van der Waals surface area contributed by atoms with Gasteiger partial charge in [-0.05, 0) is 12.1 Å². The molecule has 0 bridgehead atoms. The molecule has 0 aliphatic heterocycles. The normalized spacial score (nSPS) is 10.8. The zero-order valence-corrected chi connectivity index (χ0v) is 11.6. The molecule has 2 rings (SSSR count). The summed E-state index contributed by atoms with van der Waals surface area (Å²) in [6.07, 6.45) is 4.83. The van der Waals surface area contributed by atoms with E-state index >= 15 is 0 Å². The number of hydrogen-bond acceptors (Lipinski definition) is 2. The predicted octanol–water partition coefficient (Wildman–Crippen LogP) is 3.80. The maximum atomic E-state index is 4.67. The molecule has 0 radical (unpaired) electrons. The Balaban J connectivity index is 2.22. The Bertz CT molecular complexity index is 501. The molecule has 0 fully saturated rings. The van der Waals surface area contributed by atoms with Crippen LogP contribution >= 0.6 is 0 Å². The van der Waals surface area contributed by atoms with Gasteiger partial charge in [0.15, 0.2) is 5.95 Å². The van der Waals surface area contributed by atoms with Crippen molar-refractivity contribution in [1.29, 1.82) is 0 Å². The topological polar surface area (TPSA) is 29.9 Å². The van der Waals surface area contributed by atoms with Crippen LogP contribution in [0.5, 0.6) is 0 Å². The molecule has 0 saturated carbocycles. The molecule has 0 aliphatic rings. The van der Waals surface area contributed by atoms with E-state index in [-0.39, 0.29) is 0 Å². The number of fused-ring (bicyclic) bond motifs is 1. The first kappa shape index (κ1) is 13.0. The van der Waals surface area contributed by atoms with Gasteiger partial charge in [-0.25, -0.2) is 4.98 Å². The van der Waals surface area contributed by atoms with Crippen LogP contribution in [0, 0.1) is 0 Å². The maximum Gasteiger partial charge on any atom is 0.254 e. The fraction of sp³-hybridized carbons (Fsp3) is 0.500. The van der Waals surface area contributed by atoms with E-state index in [1.165, 1.54) is 31.0 Å². The number of aryl methyl sites for hydroxylation is 1. The van der Waals surface area contributed by atoms with Crippen molar-refractivity contribution in [2.24, 2.45) is 7.05 Å². The Morgan fingerprint density at radius 1 is 1.17 bits per heavy atom. The lowest BCUT2D eigenvalue weighted by molar-refractivity contribution is 0.951. The second-order valence-electron chi connectivity index (χ2n) is 4.90. The number of imidazole rings is 1. The minimum atomic E-state index is 0.538. The van der Waals surface area contributed by atoms with Crippen LogP contribution in [0.3, 0.4) is 0 Å². The molecule has 4 heteroatoms. The molecule has 3 nitrogen and oxygen atoms in total. The Kier molecular flexibility index (Phi) is 4.29. The highest BCUT2D eigenvalue weighted by Gasteiger charge is 2.15. The third-order valence-electron chi connectivity index (χ3n) is 3.39. The van der Waals surface area contributed by atoms with Gasteiger partial charge in [0.25, 0.3) is 6.85 Å². The number of hydrogen-bond donors (Lipinski definition) is 1. The zero-order chi connectivity index (χ0) is 13.0. The molecule has 0 unspecified atom stereocenters. The summed E-state index contributed by atoms with van der Waals surface area (Å²) in [5.74, 6) is 0.989. The number of rotatable bonds is 6. The molecule has 0 amide bonds. The highest BCUT2D eigenvalue weighted by atomic mass is 15.2. The van der Waals surface area contributed by atoms with Gasteiger partial charge in [-0.15, -0.1) is 0 Å². The minimum Gasteiger partial charge on any atom is -0.399 e. The quantitative estimate of drug-likeness (QED) is 0.782. The van der Waals surface area contributed by atoms with Crippen LogP contribution in [0.2, 0.25) is 12.6 Å². The molecular formula is C14H22BN3. The van der Waals surface area contributed by atoms with Crippen LogP contribution < -0.4 is 5.23 Å². The second kappa shape index (κ2) is 5.94. The number of para-hydroxylation sites is 2. The SMILES string of the molecule is CCCB(CCC)Nc1nc2ccccc2n1C. The van der Waals surface area contributed by atoms with Crippen molar-refractivity contribution in [2.45, 2.75) is 39.3 Å². The Morgan fingerprint density at radius 3 is 2.44 bits per heavy atom. The van der Waals surface area contributed by atoms with E-state index in [0.29, 0.717) is 6.85 Å². The summed E-state index contributed by atoms with van der Waals surface area (Å²) in [6, 6.07) is 8.27. The lowest BCUT2D eigenvalue weighted by Crippen LogP contribution is -2.25. The molecule has 0 saturated heterocycles. The van der Waals surface area contributed by atoms with E-state index in [4.69, 9.17) is 0 Å². The largest absolute Gasteiger partial charge is 0.399 e. The lowest BCUT2D eigenvalue weighted by Gasteiger charge is -2.14. The summed E-state index contributed by atoms with van der Waals surface area (Å²) in [4.78, 5) is 4.67. The van der Waals surface area contributed by atoms with Crippen molar-refractivity contribution >= 4 is 23.8 Å². The molecule has 1 heterocycles. The van der Waals surface area contributed by atoms with E-state index in [0.717, 1.165) is 11.5 Å². The van der Waals surface area contributed by atoms with Gasteiger partial charge in [-0.3, -0.25) is 0 Å². The summed E-state index contributed by atoms with van der Waals surface area (Å²) < 4.78 is 2.15. The Hall–Kier alpha value is -1.45. The molecule has 0 spiro atoms. The van der Waals surface area contributed by atoms with Gasteiger partial charge in [0, 0.05) is 7.05 Å². The highest BCUT2D eigenvalue weighted by Crippen LogP contribution is 2.19. The number of benzene rings is 1. The molecule has 1 aromatic carbocycles. The van der Waals surface area contributed by atoms with Gasteiger partial charge in [0.05, 0.1) is 11.0 Å². The van der Waals surface area contributed by atoms with Crippen molar-refractivity contribution < 1.29 is 0 Å². The van der Waals surface area contributed by atoms with Crippen molar-refractivity contribution in [3.8, 4) is 0 Å². The van der Waals surface area contributed by atoms with E-state index in [1.54, 1.807) is 0 Å². The van der Waals surface area contributed by atoms with Gasteiger partial charge < -0.3 is 9.79 Å². The van der Waals surface area contributed by atoms with Crippen LogP contribution in [-0.2, 0) is 7.05 Å². The maximum absolute atomic E-state index is 4.67. The molecule has 18 heavy (non-hydrogen) atoms. The van der Waals surface area contributed by atoms with E-state index in [1.807, 2.05) is 6.07 Å². The Labute approximate surface area is 110 Å². The molecule has 1 aromatic heterocycles. The van der Waals surface area contributed by atoms with Crippen molar-refractivity contribution in [3.63, 3.8) is 0 Å². The fourth-order valence-electron chi connectivity index (χ4n) is 2.44. The van der Waals surface area contributed by atoms with Gasteiger partial charge in [0.2, 0.25) is 0 Å². The van der Waals surface area contributed by atoms with E-state index in [2.05, 4.69) is 53.9 Å². The van der Waals surface area contributed by atoms with Crippen LogP contribution in [0.15, 0.2) is 24.3 Å². The standard InChI is InChI=1S/C14H22BN3/c1-4-10-15(11-5-2)17-14-16-12-8-6-7-9-13(12)18(14)3/h6-9H,4-5,10-11H2,1-3H3,(H,16,17). The van der Waals surface area contributed by atoms with Gasteiger partial charge in [-0.2, -0.15) is 0 Å². The first-order chi connectivity index (χ1) is 8.76. The smallest absolute Gasteiger partial charge is 0.254 e. The molecule has 1 N–H and O–H groups in total.